The first kappa shape index (κ1) is 27.0. The van der Waals surface area contributed by atoms with E-state index in [1.807, 2.05) is 0 Å². The van der Waals surface area contributed by atoms with Crippen LogP contribution in [0, 0.1) is 5.92 Å². The average Bonchev–Trinajstić information content (AvgIpc) is 2.84. The molecule has 0 radical (unpaired) electrons. The number of ether oxygens (including phenoxy) is 1. The van der Waals surface area contributed by atoms with Gasteiger partial charge < -0.3 is 4.74 Å². The fraction of sp³-hybridized carbons (Fsp3) is 0.621. The highest BCUT2D eigenvalue weighted by Crippen LogP contribution is 2.19. The highest BCUT2D eigenvalue weighted by atomic mass is 16.5. The van der Waals surface area contributed by atoms with Gasteiger partial charge in [0.25, 0.3) is 0 Å². The van der Waals surface area contributed by atoms with Gasteiger partial charge in [0.05, 0.1) is 12.4 Å². The third-order valence-electron chi connectivity index (χ3n) is 6.42. The molecule has 0 aliphatic heterocycles. The van der Waals surface area contributed by atoms with Crippen molar-refractivity contribution >= 4 is 5.97 Å². The fourth-order valence-electron chi connectivity index (χ4n) is 3.95. The van der Waals surface area contributed by atoms with Crippen LogP contribution in [-0.4, -0.2) is 15.9 Å². The monoisotopic (exact) mass is 452 g/mol. The Morgan fingerprint density at radius 3 is 2.15 bits per heavy atom. The second-order valence-electron chi connectivity index (χ2n) is 9.40. The van der Waals surface area contributed by atoms with Crippen LogP contribution in [0.15, 0.2) is 36.7 Å². The summed E-state index contributed by atoms with van der Waals surface area (Å²) in [5, 5.41) is 0. The predicted molar refractivity (Wildman–Crippen MR) is 137 cm³/mol. The van der Waals surface area contributed by atoms with E-state index in [1.54, 1.807) is 12.4 Å². The first-order valence-corrected chi connectivity index (χ1v) is 13.2. The summed E-state index contributed by atoms with van der Waals surface area (Å²) in [6.07, 6.45) is 19.7. The van der Waals surface area contributed by atoms with Crippen molar-refractivity contribution < 1.29 is 9.53 Å². The number of benzene rings is 1. The third kappa shape index (κ3) is 11.5. The van der Waals surface area contributed by atoms with Gasteiger partial charge in [0.15, 0.2) is 11.6 Å². The van der Waals surface area contributed by atoms with Gasteiger partial charge in [-0.3, -0.25) is 4.79 Å². The number of nitrogens with zero attached hydrogens (tertiary/aromatic N) is 2. The molecule has 0 fully saturated rings. The van der Waals surface area contributed by atoms with E-state index in [0.29, 0.717) is 18.0 Å². The molecule has 33 heavy (non-hydrogen) atoms. The Labute approximate surface area is 201 Å². The minimum atomic E-state index is -0.204. The van der Waals surface area contributed by atoms with Crippen molar-refractivity contribution in [2.75, 3.05) is 0 Å². The van der Waals surface area contributed by atoms with E-state index in [9.17, 15) is 4.79 Å². The van der Waals surface area contributed by atoms with Gasteiger partial charge in [-0.2, -0.15) is 0 Å². The number of carbonyl (C=O) groups excluding carboxylic acids is 1. The molecule has 0 aliphatic carbocycles. The van der Waals surface area contributed by atoms with Crippen LogP contribution < -0.4 is 4.74 Å². The zero-order valence-electron chi connectivity index (χ0n) is 21.2. The van der Waals surface area contributed by atoms with Crippen molar-refractivity contribution in [3.63, 3.8) is 0 Å². The van der Waals surface area contributed by atoms with Crippen LogP contribution in [0.3, 0.4) is 0 Å². The summed E-state index contributed by atoms with van der Waals surface area (Å²) < 4.78 is 5.39. The van der Waals surface area contributed by atoms with E-state index >= 15 is 0 Å². The minimum absolute atomic E-state index is 0.204. The van der Waals surface area contributed by atoms with Gasteiger partial charge in [-0.05, 0) is 30.7 Å². The Kier molecular flexibility index (Phi) is 13.4. The van der Waals surface area contributed by atoms with Crippen molar-refractivity contribution in [3.8, 4) is 17.1 Å². The van der Waals surface area contributed by atoms with Crippen molar-refractivity contribution in [1.82, 2.24) is 9.97 Å². The van der Waals surface area contributed by atoms with Gasteiger partial charge in [0, 0.05) is 12.0 Å². The summed E-state index contributed by atoms with van der Waals surface area (Å²) in [6, 6.07) is 8.50. The molecule has 1 heterocycles. The van der Waals surface area contributed by atoms with Gasteiger partial charge in [0.1, 0.15) is 0 Å². The molecular formula is C29H44N2O2. The molecule has 0 bridgehead atoms. The summed E-state index contributed by atoms with van der Waals surface area (Å²) in [7, 11) is 0. The molecule has 0 saturated carbocycles. The quantitative estimate of drug-likeness (QED) is 0.179. The number of aromatic nitrogens is 2. The van der Waals surface area contributed by atoms with Gasteiger partial charge in [0.2, 0.25) is 0 Å². The number of carbonyl (C=O) groups is 1. The first-order valence-electron chi connectivity index (χ1n) is 13.2. The van der Waals surface area contributed by atoms with Gasteiger partial charge in [-0.25, -0.2) is 9.97 Å². The standard InChI is InChI=1S/C29H44N2O2/c1-4-6-7-8-9-10-13-16-25-18-20-26(21-19-25)29-30-22-27(23-31-29)33-28(32)17-14-11-12-15-24(3)5-2/h18-24H,4-17H2,1-3H3. The lowest BCUT2D eigenvalue weighted by molar-refractivity contribution is -0.134. The summed E-state index contributed by atoms with van der Waals surface area (Å²) >= 11 is 0. The number of rotatable bonds is 17. The second-order valence-corrected chi connectivity index (χ2v) is 9.40. The zero-order valence-corrected chi connectivity index (χ0v) is 21.2. The predicted octanol–water partition coefficient (Wildman–Crippen LogP) is 8.34. The SMILES string of the molecule is CCCCCCCCCc1ccc(-c2ncc(OC(=O)CCCCCC(C)CC)cn2)cc1. The molecule has 2 rings (SSSR count). The van der Waals surface area contributed by atoms with Gasteiger partial charge >= 0.3 is 5.97 Å². The molecule has 1 atom stereocenters. The van der Waals surface area contributed by atoms with E-state index in [-0.39, 0.29) is 5.97 Å². The van der Waals surface area contributed by atoms with Crippen LogP contribution in [0.5, 0.6) is 5.75 Å². The number of hydrogen-bond acceptors (Lipinski definition) is 4. The second kappa shape index (κ2) is 16.4. The molecule has 1 aromatic carbocycles. The molecule has 4 nitrogen and oxygen atoms in total. The molecule has 0 saturated heterocycles. The molecule has 0 N–H and O–H groups in total. The van der Waals surface area contributed by atoms with Gasteiger partial charge in [-0.1, -0.05) is 109 Å². The van der Waals surface area contributed by atoms with Crippen molar-refractivity contribution in [3.05, 3.63) is 42.2 Å². The largest absolute Gasteiger partial charge is 0.423 e. The highest BCUT2D eigenvalue weighted by molar-refractivity contribution is 5.72. The number of unbranched alkanes of at least 4 members (excludes halogenated alkanes) is 8. The van der Waals surface area contributed by atoms with Crippen LogP contribution in [0.25, 0.3) is 11.4 Å². The van der Waals surface area contributed by atoms with Crippen LogP contribution in [0.2, 0.25) is 0 Å². The normalized spacial score (nSPS) is 12.0. The highest BCUT2D eigenvalue weighted by Gasteiger charge is 2.08. The Bertz CT molecular complexity index is 771. The van der Waals surface area contributed by atoms with E-state index in [1.165, 1.54) is 69.8 Å². The van der Waals surface area contributed by atoms with Crippen molar-refractivity contribution in [2.45, 2.75) is 111 Å². The summed E-state index contributed by atoms with van der Waals surface area (Å²) in [5.74, 6) is 1.64. The lowest BCUT2D eigenvalue weighted by atomic mass is 10.0. The minimum Gasteiger partial charge on any atom is -0.423 e. The summed E-state index contributed by atoms with van der Waals surface area (Å²) in [5.41, 5.74) is 2.35. The molecule has 2 aromatic rings. The van der Waals surface area contributed by atoms with Crippen LogP contribution >= 0.6 is 0 Å². The molecule has 182 valence electrons. The Balaban J connectivity index is 1.68. The molecule has 0 aliphatic rings. The maximum atomic E-state index is 12.1. The number of hydrogen-bond donors (Lipinski definition) is 0. The zero-order chi connectivity index (χ0) is 23.7. The first-order chi connectivity index (χ1) is 16.1. The van der Waals surface area contributed by atoms with Crippen molar-refractivity contribution in [2.24, 2.45) is 5.92 Å². The van der Waals surface area contributed by atoms with Crippen LogP contribution in [0.1, 0.15) is 110 Å². The maximum Gasteiger partial charge on any atom is 0.311 e. The summed E-state index contributed by atoms with van der Waals surface area (Å²) in [4.78, 5) is 20.8. The molecule has 4 heteroatoms. The fourth-order valence-corrected chi connectivity index (χ4v) is 3.95. The smallest absolute Gasteiger partial charge is 0.311 e. The van der Waals surface area contributed by atoms with E-state index in [2.05, 4.69) is 55.0 Å². The van der Waals surface area contributed by atoms with Gasteiger partial charge in [-0.15, -0.1) is 0 Å². The Hall–Kier alpha value is -2.23. The lowest BCUT2D eigenvalue weighted by Gasteiger charge is -2.08. The Morgan fingerprint density at radius 1 is 0.848 bits per heavy atom. The molecule has 1 unspecified atom stereocenters. The van der Waals surface area contributed by atoms with E-state index in [4.69, 9.17) is 4.74 Å². The van der Waals surface area contributed by atoms with Crippen LogP contribution in [-0.2, 0) is 11.2 Å². The molecule has 0 amide bonds. The number of esters is 1. The third-order valence-corrected chi connectivity index (χ3v) is 6.42. The van der Waals surface area contributed by atoms with Crippen LogP contribution in [0.4, 0.5) is 0 Å². The maximum absolute atomic E-state index is 12.1. The molecule has 0 spiro atoms. The number of aryl methyl sites for hydroxylation is 1. The summed E-state index contributed by atoms with van der Waals surface area (Å²) in [6.45, 7) is 6.77. The molecular weight excluding hydrogens is 408 g/mol. The average molecular weight is 453 g/mol. The van der Waals surface area contributed by atoms with E-state index in [0.717, 1.165) is 30.7 Å². The lowest BCUT2D eigenvalue weighted by Crippen LogP contribution is -2.08. The van der Waals surface area contributed by atoms with Crippen molar-refractivity contribution in [1.29, 1.82) is 0 Å². The topological polar surface area (TPSA) is 52.1 Å². The van der Waals surface area contributed by atoms with E-state index < -0.39 is 0 Å². The molecule has 1 aromatic heterocycles. The Morgan fingerprint density at radius 2 is 1.48 bits per heavy atom.